The third kappa shape index (κ3) is 6.05. The van der Waals surface area contributed by atoms with Crippen LogP contribution in [0.1, 0.15) is 57.7 Å². The van der Waals surface area contributed by atoms with E-state index in [2.05, 4.69) is 36.5 Å². The molecule has 0 spiro atoms. The second-order valence-corrected chi connectivity index (χ2v) is 6.66. The first-order valence-electron chi connectivity index (χ1n) is 10.4. The molecule has 0 aromatic heterocycles. The Labute approximate surface area is 174 Å². The van der Waals surface area contributed by atoms with Gasteiger partial charge >= 0.3 is 0 Å². The van der Waals surface area contributed by atoms with Gasteiger partial charge in [0.1, 0.15) is 12.4 Å². The quantitative estimate of drug-likeness (QED) is 0.558. The number of ether oxygens (including phenoxy) is 2. The molecule has 2 aromatic carbocycles. The zero-order valence-corrected chi connectivity index (χ0v) is 18.2. The predicted molar refractivity (Wildman–Crippen MR) is 120 cm³/mol. The molecule has 0 aliphatic carbocycles. The summed E-state index contributed by atoms with van der Waals surface area (Å²) in [6.45, 7) is 10.5. The van der Waals surface area contributed by atoms with E-state index in [9.17, 15) is 5.11 Å². The summed E-state index contributed by atoms with van der Waals surface area (Å²) in [5.74, 6) is 1.91. The molecule has 0 radical (unpaired) electrons. The zero-order valence-electron chi connectivity index (χ0n) is 18.2. The minimum Gasteiger partial charge on any atom is -0.508 e. The van der Waals surface area contributed by atoms with Gasteiger partial charge < -0.3 is 19.9 Å². The second kappa shape index (κ2) is 11.2. The van der Waals surface area contributed by atoms with Gasteiger partial charge in [0.05, 0.1) is 11.5 Å². The van der Waals surface area contributed by atoms with E-state index >= 15 is 0 Å². The summed E-state index contributed by atoms with van der Waals surface area (Å²) in [5.41, 5.74) is 4.22. The van der Waals surface area contributed by atoms with Gasteiger partial charge in [0.25, 0.3) is 0 Å². The standard InChI is InChI=1S/C23H27NO3.C2H6/c1-4-6-17-7-9-19(10-8-17)23-22(18-11-13-20(25)14-12-18)24-21(27-23)15-26-16(3)5-2;1-2/h5,7-14,21,24-25H,4,6,15H2,1-3H3;1-2H3/b16-5+;. The molecule has 1 heterocycles. The van der Waals surface area contributed by atoms with Crippen LogP contribution in [-0.4, -0.2) is 17.9 Å². The molecule has 29 heavy (non-hydrogen) atoms. The van der Waals surface area contributed by atoms with Crippen molar-refractivity contribution >= 4 is 11.5 Å². The number of nitrogens with one attached hydrogen (secondary N) is 1. The second-order valence-electron chi connectivity index (χ2n) is 6.66. The number of phenols is 1. The van der Waals surface area contributed by atoms with Crippen LogP contribution in [-0.2, 0) is 15.9 Å². The normalized spacial score (nSPS) is 15.9. The highest BCUT2D eigenvalue weighted by Gasteiger charge is 2.27. The molecule has 4 heteroatoms. The Morgan fingerprint density at radius 3 is 2.28 bits per heavy atom. The maximum absolute atomic E-state index is 9.59. The van der Waals surface area contributed by atoms with Gasteiger partial charge in [0.2, 0.25) is 6.23 Å². The maximum Gasteiger partial charge on any atom is 0.204 e. The fourth-order valence-electron chi connectivity index (χ4n) is 2.99. The SMILES string of the molecule is C/C=C(\C)OCC1NC(c2ccc(O)cc2)=C(c2ccc(CCC)cc2)O1.CC. The first kappa shape index (κ1) is 22.4. The molecule has 1 aliphatic heterocycles. The predicted octanol–water partition coefficient (Wildman–Crippen LogP) is 6.08. The maximum atomic E-state index is 9.59. The Bertz CT molecular complexity index is 820. The van der Waals surface area contributed by atoms with Gasteiger partial charge in [-0.2, -0.15) is 0 Å². The van der Waals surface area contributed by atoms with Gasteiger partial charge in [-0.15, -0.1) is 0 Å². The Kier molecular flexibility index (Phi) is 8.66. The van der Waals surface area contributed by atoms with Crippen molar-refractivity contribution in [2.75, 3.05) is 6.61 Å². The van der Waals surface area contributed by atoms with E-state index < -0.39 is 0 Å². The summed E-state index contributed by atoms with van der Waals surface area (Å²) in [6.07, 6.45) is 3.86. The lowest BCUT2D eigenvalue weighted by Gasteiger charge is -2.15. The van der Waals surface area contributed by atoms with Crippen molar-refractivity contribution in [3.05, 3.63) is 77.1 Å². The Morgan fingerprint density at radius 1 is 1.07 bits per heavy atom. The molecule has 0 saturated heterocycles. The number of hydrogen-bond donors (Lipinski definition) is 2. The smallest absolute Gasteiger partial charge is 0.204 e. The van der Waals surface area contributed by atoms with Gasteiger partial charge in [-0.05, 0) is 50.1 Å². The number of aromatic hydroxyl groups is 1. The Hall–Kier alpha value is -2.88. The molecule has 0 bridgehead atoms. The van der Waals surface area contributed by atoms with Crippen molar-refractivity contribution in [1.82, 2.24) is 5.32 Å². The average molecular weight is 396 g/mol. The summed E-state index contributed by atoms with van der Waals surface area (Å²) in [7, 11) is 0. The highest BCUT2D eigenvalue weighted by Crippen LogP contribution is 2.33. The fraction of sp³-hybridized carbons (Fsp3) is 0.360. The summed E-state index contributed by atoms with van der Waals surface area (Å²) in [6, 6.07) is 15.6. The molecular weight excluding hydrogens is 362 g/mol. The van der Waals surface area contributed by atoms with Gasteiger partial charge in [-0.3, -0.25) is 0 Å². The van der Waals surface area contributed by atoms with Gasteiger partial charge in [0, 0.05) is 11.1 Å². The monoisotopic (exact) mass is 395 g/mol. The van der Waals surface area contributed by atoms with Gasteiger partial charge in [-0.1, -0.05) is 57.5 Å². The van der Waals surface area contributed by atoms with Crippen molar-refractivity contribution in [3.63, 3.8) is 0 Å². The van der Waals surface area contributed by atoms with Gasteiger partial charge in [-0.25, -0.2) is 0 Å². The average Bonchev–Trinajstić information content (AvgIpc) is 3.19. The molecule has 0 fully saturated rings. The van der Waals surface area contributed by atoms with Crippen LogP contribution in [0.3, 0.4) is 0 Å². The number of hydrogen-bond acceptors (Lipinski definition) is 4. The lowest BCUT2D eigenvalue weighted by molar-refractivity contribution is 0.0715. The highest BCUT2D eigenvalue weighted by atomic mass is 16.6. The Morgan fingerprint density at radius 2 is 1.69 bits per heavy atom. The highest BCUT2D eigenvalue weighted by molar-refractivity contribution is 5.88. The van der Waals surface area contributed by atoms with Crippen LogP contribution in [0.15, 0.2) is 60.4 Å². The van der Waals surface area contributed by atoms with E-state index in [1.54, 1.807) is 12.1 Å². The lowest BCUT2D eigenvalue weighted by atomic mass is 10.0. The molecule has 1 unspecified atom stereocenters. The zero-order chi connectivity index (χ0) is 21.2. The Balaban J connectivity index is 0.00000145. The molecule has 1 aliphatic rings. The first-order chi connectivity index (χ1) is 14.1. The first-order valence-corrected chi connectivity index (χ1v) is 10.4. The number of rotatable bonds is 7. The van der Waals surface area contributed by atoms with E-state index in [-0.39, 0.29) is 12.0 Å². The number of benzene rings is 2. The van der Waals surface area contributed by atoms with E-state index in [0.29, 0.717) is 6.61 Å². The molecule has 156 valence electrons. The molecule has 0 amide bonds. The van der Waals surface area contributed by atoms with Crippen LogP contribution in [0.4, 0.5) is 0 Å². The van der Waals surface area contributed by atoms with Crippen LogP contribution < -0.4 is 5.32 Å². The summed E-state index contributed by atoms with van der Waals surface area (Å²) in [5, 5.41) is 13.0. The van der Waals surface area contributed by atoms with Crippen molar-refractivity contribution in [2.24, 2.45) is 0 Å². The molecule has 1 atom stereocenters. The van der Waals surface area contributed by atoms with Crippen molar-refractivity contribution in [2.45, 2.75) is 53.7 Å². The third-order valence-electron chi connectivity index (χ3n) is 4.57. The van der Waals surface area contributed by atoms with Crippen LogP contribution >= 0.6 is 0 Å². The molecule has 2 aromatic rings. The minimum atomic E-state index is -0.269. The summed E-state index contributed by atoms with van der Waals surface area (Å²) in [4.78, 5) is 0. The van der Waals surface area contributed by atoms with E-state index in [1.807, 2.05) is 45.9 Å². The molecule has 0 saturated carbocycles. The van der Waals surface area contributed by atoms with E-state index in [4.69, 9.17) is 9.47 Å². The molecular formula is C25H33NO3. The summed E-state index contributed by atoms with van der Waals surface area (Å²) < 4.78 is 11.9. The van der Waals surface area contributed by atoms with Crippen LogP contribution in [0, 0.1) is 0 Å². The van der Waals surface area contributed by atoms with E-state index in [1.165, 1.54) is 5.56 Å². The molecule has 3 rings (SSSR count). The largest absolute Gasteiger partial charge is 0.508 e. The number of phenolic OH excluding ortho intramolecular Hbond substituents is 1. The summed E-state index contributed by atoms with van der Waals surface area (Å²) >= 11 is 0. The lowest BCUT2D eigenvalue weighted by Crippen LogP contribution is -2.28. The number of allylic oxidation sites excluding steroid dienone is 2. The van der Waals surface area contributed by atoms with Crippen molar-refractivity contribution in [3.8, 4) is 5.75 Å². The van der Waals surface area contributed by atoms with E-state index in [0.717, 1.165) is 41.2 Å². The minimum absolute atomic E-state index is 0.243. The number of aryl methyl sites for hydroxylation is 1. The van der Waals surface area contributed by atoms with Gasteiger partial charge in [0.15, 0.2) is 5.76 Å². The molecule has 4 nitrogen and oxygen atoms in total. The van der Waals surface area contributed by atoms with Crippen molar-refractivity contribution in [1.29, 1.82) is 0 Å². The molecule has 2 N–H and O–H groups in total. The fourth-order valence-corrected chi connectivity index (χ4v) is 2.99. The van der Waals surface area contributed by atoms with Crippen LogP contribution in [0.25, 0.3) is 11.5 Å². The van der Waals surface area contributed by atoms with Crippen LogP contribution in [0.2, 0.25) is 0 Å². The third-order valence-corrected chi connectivity index (χ3v) is 4.57. The topological polar surface area (TPSA) is 50.7 Å². The van der Waals surface area contributed by atoms with Crippen LogP contribution in [0.5, 0.6) is 5.75 Å². The van der Waals surface area contributed by atoms with Crippen molar-refractivity contribution < 1.29 is 14.6 Å².